The van der Waals surface area contributed by atoms with Crippen molar-refractivity contribution in [3.05, 3.63) is 24.3 Å². The van der Waals surface area contributed by atoms with Gasteiger partial charge in [-0.3, -0.25) is 4.79 Å². The number of hydrogen-bond acceptors (Lipinski definition) is 6. The van der Waals surface area contributed by atoms with E-state index in [-0.39, 0.29) is 17.7 Å². The largest absolute Gasteiger partial charge is 0.497 e. The summed E-state index contributed by atoms with van der Waals surface area (Å²) in [6, 6.07) is 7.67. The second-order valence-electron chi connectivity index (χ2n) is 6.83. The number of thioether (sulfide) groups is 1. The fraction of sp³-hybridized carbons (Fsp3) is 0.526. The number of ether oxygens (including phenoxy) is 1. The highest BCUT2D eigenvalue weighted by molar-refractivity contribution is 7.99. The Bertz CT molecular complexity index is 732. The summed E-state index contributed by atoms with van der Waals surface area (Å²) in [6.45, 7) is 4.48. The molecule has 3 atom stereocenters. The van der Waals surface area contributed by atoms with Crippen LogP contribution in [0, 0.1) is 11.8 Å². The predicted molar refractivity (Wildman–Crippen MR) is 101 cm³/mol. The van der Waals surface area contributed by atoms with Crippen LogP contribution in [0.5, 0.6) is 5.75 Å². The van der Waals surface area contributed by atoms with Crippen molar-refractivity contribution in [2.75, 3.05) is 12.9 Å². The van der Waals surface area contributed by atoms with E-state index in [4.69, 9.17) is 9.15 Å². The van der Waals surface area contributed by atoms with E-state index in [0.29, 0.717) is 22.9 Å². The molecule has 1 heterocycles. The van der Waals surface area contributed by atoms with Crippen LogP contribution in [0.3, 0.4) is 0 Å². The molecule has 6 nitrogen and oxygen atoms in total. The molecule has 26 heavy (non-hydrogen) atoms. The normalized spacial score (nSPS) is 22.8. The molecule has 0 saturated heterocycles. The van der Waals surface area contributed by atoms with Crippen LogP contribution < -0.4 is 10.1 Å². The highest BCUT2D eigenvalue weighted by Gasteiger charge is 2.28. The standard InChI is InChI=1S/C19H25N3O3S/c1-12-5-4-6-16(13(12)2)20-17(23)11-26-19-22-21-18(25-19)14-7-9-15(24-3)10-8-14/h7-10,12-13,16H,4-6,11H2,1-3H3,(H,20,23)/t12-,13+,16-/m0/s1. The molecule has 0 aliphatic heterocycles. The van der Waals surface area contributed by atoms with Crippen LogP contribution in [-0.2, 0) is 4.79 Å². The van der Waals surface area contributed by atoms with E-state index in [1.54, 1.807) is 7.11 Å². The molecule has 140 valence electrons. The minimum Gasteiger partial charge on any atom is -0.497 e. The zero-order valence-corrected chi connectivity index (χ0v) is 16.2. The second-order valence-corrected chi connectivity index (χ2v) is 7.76. The molecule has 1 aromatic heterocycles. The molecule has 1 aromatic carbocycles. The maximum atomic E-state index is 12.2. The Morgan fingerprint density at radius 2 is 2.04 bits per heavy atom. The molecule has 1 N–H and O–H groups in total. The number of amides is 1. The Kier molecular flexibility index (Phi) is 6.19. The lowest BCUT2D eigenvalue weighted by molar-refractivity contribution is -0.120. The quantitative estimate of drug-likeness (QED) is 0.774. The first-order valence-electron chi connectivity index (χ1n) is 8.97. The van der Waals surface area contributed by atoms with Gasteiger partial charge in [-0.15, -0.1) is 10.2 Å². The molecule has 7 heteroatoms. The number of benzene rings is 1. The second kappa shape index (κ2) is 8.58. The number of nitrogens with zero attached hydrogens (tertiary/aromatic N) is 2. The van der Waals surface area contributed by atoms with Crippen molar-refractivity contribution in [1.29, 1.82) is 0 Å². The molecule has 1 saturated carbocycles. The van der Waals surface area contributed by atoms with E-state index in [9.17, 15) is 4.79 Å². The lowest BCUT2D eigenvalue weighted by Crippen LogP contribution is -2.44. The van der Waals surface area contributed by atoms with Gasteiger partial charge in [-0.2, -0.15) is 0 Å². The zero-order valence-electron chi connectivity index (χ0n) is 15.4. The lowest BCUT2D eigenvalue weighted by Gasteiger charge is -2.34. The highest BCUT2D eigenvalue weighted by Crippen LogP contribution is 2.30. The monoisotopic (exact) mass is 375 g/mol. The summed E-state index contributed by atoms with van der Waals surface area (Å²) in [5, 5.41) is 11.6. The van der Waals surface area contributed by atoms with E-state index in [1.165, 1.54) is 24.6 Å². The van der Waals surface area contributed by atoms with E-state index in [1.807, 2.05) is 24.3 Å². The molecule has 0 unspecified atom stereocenters. The molecular formula is C19H25N3O3S. The van der Waals surface area contributed by atoms with Crippen molar-refractivity contribution in [1.82, 2.24) is 15.5 Å². The first-order valence-corrected chi connectivity index (χ1v) is 9.95. The molecule has 1 aliphatic rings. The van der Waals surface area contributed by atoms with Gasteiger partial charge in [0.2, 0.25) is 11.8 Å². The van der Waals surface area contributed by atoms with E-state index in [2.05, 4.69) is 29.4 Å². The smallest absolute Gasteiger partial charge is 0.277 e. The summed E-state index contributed by atoms with van der Waals surface area (Å²) < 4.78 is 10.8. The summed E-state index contributed by atoms with van der Waals surface area (Å²) in [7, 11) is 1.62. The van der Waals surface area contributed by atoms with Gasteiger partial charge in [0.25, 0.3) is 5.22 Å². The van der Waals surface area contributed by atoms with E-state index >= 15 is 0 Å². The molecule has 0 radical (unpaired) electrons. The van der Waals surface area contributed by atoms with E-state index in [0.717, 1.165) is 17.7 Å². The van der Waals surface area contributed by atoms with Gasteiger partial charge in [-0.25, -0.2) is 0 Å². The minimum absolute atomic E-state index is 0.0187. The third kappa shape index (κ3) is 4.58. The molecule has 0 bridgehead atoms. The van der Waals surface area contributed by atoms with Crippen LogP contribution in [0.25, 0.3) is 11.5 Å². The van der Waals surface area contributed by atoms with Gasteiger partial charge in [0.1, 0.15) is 5.75 Å². The summed E-state index contributed by atoms with van der Waals surface area (Å²) in [6.07, 6.45) is 3.49. The average molecular weight is 375 g/mol. The zero-order chi connectivity index (χ0) is 18.5. The van der Waals surface area contributed by atoms with Crippen molar-refractivity contribution < 1.29 is 13.9 Å². The molecule has 1 amide bonds. The summed E-state index contributed by atoms with van der Waals surface area (Å²) in [4.78, 5) is 12.2. The van der Waals surface area contributed by atoms with Gasteiger partial charge in [-0.05, 0) is 42.5 Å². The summed E-state index contributed by atoms with van der Waals surface area (Å²) in [5.41, 5.74) is 0.819. The third-order valence-corrected chi connectivity index (χ3v) is 5.94. The van der Waals surface area contributed by atoms with Crippen molar-refractivity contribution in [2.24, 2.45) is 11.8 Å². The first-order chi connectivity index (χ1) is 12.6. The van der Waals surface area contributed by atoms with Crippen LogP contribution in [0.4, 0.5) is 0 Å². The van der Waals surface area contributed by atoms with Crippen molar-refractivity contribution in [3.8, 4) is 17.2 Å². The number of carbonyl (C=O) groups is 1. The number of nitrogens with one attached hydrogen (secondary N) is 1. The number of aromatic nitrogens is 2. The Morgan fingerprint density at radius 3 is 2.77 bits per heavy atom. The average Bonchev–Trinajstić information content (AvgIpc) is 3.13. The molecule has 2 aromatic rings. The Hall–Kier alpha value is -2.02. The number of carbonyl (C=O) groups excluding carboxylic acids is 1. The number of rotatable bonds is 6. The third-order valence-electron chi connectivity index (χ3n) is 5.12. The van der Waals surface area contributed by atoms with Crippen LogP contribution in [0.2, 0.25) is 0 Å². The van der Waals surface area contributed by atoms with Crippen LogP contribution in [0.15, 0.2) is 33.9 Å². The maximum absolute atomic E-state index is 12.2. The van der Waals surface area contributed by atoms with Crippen molar-refractivity contribution >= 4 is 17.7 Å². The Morgan fingerprint density at radius 1 is 1.27 bits per heavy atom. The number of hydrogen-bond donors (Lipinski definition) is 1. The van der Waals surface area contributed by atoms with Gasteiger partial charge in [0.05, 0.1) is 12.9 Å². The summed E-state index contributed by atoms with van der Waals surface area (Å²) in [5.74, 6) is 2.68. The predicted octanol–water partition coefficient (Wildman–Crippen LogP) is 3.78. The van der Waals surface area contributed by atoms with Gasteiger partial charge >= 0.3 is 0 Å². The molecular weight excluding hydrogens is 350 g/mol. The molecule has 3 rings (SSSR count). The molecule has 1 fully saturated rings. The molecule has 0 spiro atoms. The highest BCUT2D eigenvalue weighted by atomic mass is 32.2. The fourth-order valence-electron chi connectivity index (χ4n) is 3.28. The first kappa shape index (κ1) is 18.8. The molecule has 1 aliphatic carbocycles. The Labute approximate surface area is 158 Å². The lowest BCUT2D eigenvalue weighted by atomic mass is 9.78. The van der Waals surface area contributed by atoms with Crippen LogP contribution >= 0.6 is 11.8 Å². The maximum Gasteiger partial charge on any atom is 0.277 e. The van der Waals surface area contributed by atoms with Crippen molar-refractivity contribution in [3.63, 3.8) is 0 Å². The Balaban J connectivity index is 1.51. The fourth-order valence-corrected chi connectivity index (χ4v) is 3.85. The summed E-state index contributed by atoms with van der Waals surface area (Å²) >= 11 is 1.27. The van der Waals surface area contributed by atoms with E-state index < -0.39 is 0 Å². The van der Waals surface area contributed by atoms with Gasteiger partial charge in [0, 0.05) is 11.6 Å². The van der Waals surface area contributed by atoms with Crippen LogP contribution in [-0.4, -0.2) is 35.0 Å². The topological polar surface area (TPSA) is 77.2 Å². The SMILES string of the molecule is COc1ccc(-c2nnc(SCC(=O)N[C@H]3CCC[C@H](C)[C@H]3C)o2)cc1. The van der Waals surface area contributed by atoms with Crippen LogP contribution in [0.1, 0.15) is 33.1 Å². The minimum atomic E-state index is 0.0187. The van der Waals surface area contributed by atoms with Gasteiger partial charge < -0.3 is 14.5 Å². The number of methoxy groups -OCH3 is 1. The van der Waals surface area contributed by atoms with Crippen molar-refractivity contribution in [2.45, 2.75) is 44.4 Å². The van der Waals surface area contributed by atoms with Gasteiger partial charge in [-0.1, -0.05) is 38.5 Å². The van der Waals surface area contributed by atoms with Gasteiger partial charge in [0.15, 0.2) is 0 Å².